The van der Waals surface area contributed by atoms with Crippen molar-refractivity contribution in [2.45, 2.75) is 39.8 Å². The molecule has 4 nitrogen and oxygen atoms in total. The highest BCUT2D eigenvalue weighted by Crippen LogP contribution is 2.23. The number of rotatable bonds is 8. The zero-order chi connectivity index (χ0) is 15.1. The molecule has 20 heavy (non-hydrogen) atoms. The molecule has 1 aromatic rings. The number of hydrogen-bond donors (Lipinski definition) is 2. The Morgan fingerprint density at radius 2 is 2.15 bits per heavy atom. The lowest BCUT2D eigenvalue weighted by Crippen LogP contribution is -2.44. The van der Waals surface area contributed by atoms with Gasteiger partial charge in [-0.2, -0.15) is 0 Å². The molecule has 1 atom stereocenters. The second-order valence-corrected chi connectivity index (χ2v) is 6.02. The van der Waals surface area contributed by atoms with Crippen LogP contribution in [-0.4, -0.2) is 18.6 Å². The number of primary amides is 1. The molecule has 0 fully saturated rings. The van der Waals surface area contributed by atoms with Crippen LogP contribution in [0.25, 0.3) is 0 Å². The molecule has 0 radical (unpaired) electrons. The van der Waals surface area contributed by atoms with E-state index in [-0.39, 0.29) is 17.9 Å². The molecule has 1 amide bonds. The van der Waals surface area contributed by atoms with E-state index in [1.54, 1.807) is 0 Å². The molecule has 0 aliphatic rings. The van der Waals surface area contributed by atoms with Crippen LogP contribution in [0.1, 0.15) is 32.8 Å². The quantitative estimate of drug-likeness (QED) is 0.763. The van der Waals surface area contributed by atoms with E-state index in [2.05, 4.69) is 28.2 Å². The van der Waals surface area contributed by atoms with Gasteiger partial charge in [0.05, 0.1) is 12.6 Å². The minimum atomic E-state index is -0.340. The van der Waals surface area contributed by atoms with Crippen LogP contribution in [0.15, 0.2) is 22.7 Å². The van der Waals surface area contributed by atoms with Crippen LogP contribution in [0.4, 0.5) is 0 Å². The Labute approximate surface area is 129 Å². The molecule has 5 heteroatoms. The molecule has 3 N–H and O–H groups in total. The predicted octanol–water partition coefficient (Wildman–Crippen LogP) is 2.84. The molecule has 0 aliphatic heterocycles. The second kappa shape index (κ2) is 8.27. The summed E-state index contributed by atoms with van der Waals surface area (Å²) in [5, 5.41) is 3.20. The third-order valence-corrected chi connectivity index (χ3v) is 3.46. The highest BCUT2D eigenvalue weighted by molar-refractivity contribution is 9.10. The van der Waals surface area contributed by atoms with Crippen molar-refractivity contribution in [1.82, 2.24) is 5.32 Å². The van der Waals surface area contributed by atoms with Crippen molar-refractivity contribution < 1.29 is 9.53 Å². The summed E-state index contributed by atoms with van der Waals surface area (Å²) in [7, 11) is 0. The minimum Gasteiger partial charge on any atom is -0.493 e. The van der Waals surface area contributed by atoms with Crippen LogP contribution in [0.2, 0.25) is 0 Å². The summed E-state index contributed by atoms with van der Waals surface area (Å²) in [5.74, 6) is 0.667. The van der Waals surface area contributed by atoms with Crippen molar-refractivity contribution in [2.24, 2.45) is 11.7 Å². The van der Waals surface area contributed by atoms with E-state index in [1.807, 2.05) is 32.0 Å². The summed E-state index contributed by atoms with van der Waals surface area (Å²) in [6.07, 6.45) is 0.957. The average molecular weight is 343 g/mol. The molecule has 1 unspecified atom stereocenters. The second-order valence-electron chi connectivity index (χ2n) is 5.11. The third kappa shape index (κ3) is 5.13. The lowest BCUT2D eigenvalue weighted by molar-refractivity contribution is -0.121. The monoisotopic (exact) mass is 342 g/mol. The Hall–Kier alpha value is -1.07. The predicted molar refractivity (Wildman–Crippen MR) is 84.6 cm³/mol. The number of amides is 1. The normalized spacial score (nSPS) is 12.4. The van der Waals surface area contributed by atoms with Gasteiger partial charge in [-0.15, -0.1) is 0 Å². The van der Waals surface area contributed by atoms with Crippen LogP contribution >= 0.6 is 15.9 Å². The lowest BCUT2D eigenvalue weighted by Gasteiger charge is -2.20. The zero-order valence-corrected chi connectivity index (χ0v) is 13.9. The van der Waals surface area contributed by atoms with Crippen LogP contribution in [0.5, 0.6) is 5.75 Å². The number of benzene rings is 1. The van der Waals surface area contributed by atoms with E-state index in [4.69, 9.17) is 10.5 Å². The molecule has 0 heterocycles. The van der Waals surface area contributed by atoms with Crippen molar-refractivity contribution >= 4 is 21.8 Å². The van der Waals surface area contributed by atoms with Gasteiger partial charge in [0.2, 0.25) is 5.91 Å². The molecule has 1 aromatic carbocycles. The number of carbonyl (C=O) groups is 1. The first-order valence-electron chi connectivity index (χ1n) is 6.89. The topological polar surface area (TPSA) is 64.3 Å². The maximum atomic E-state index is 11.4. The zero-order valence-electron chi connectivity index (χ0n) is 12.3. The van der Waals surface area contributed by atoms with Gasteiger partial charge in [-0.3, -0.25) is 4.79 Å². The van der Waals surface area contributed by atoms with Gasteiger partial charge in [0, 0.05) is 16.6 Å². The van der Waals surface area contributed by atoms with Gasteiger partial charge in [-0.1, -0.05) is 36.7 Å². The van der Waals surface area contributed by atoms with Gasteiger partial charge < -0.3 is 15.8 Å². The molecule has 112 valence electrons. The Morgan fingerprint density at radius 1 is 1.45 bits per heavy atom. The summed E-state index contributed by atoms with van der Waals surface area (Å²) in [4.78, 5) is 11.4. The highest BCUT2D eigenvalue weighted by atomic mass is 79.9. The van der Waals surface area contributed by atoms with Crippen LogP contribution in [0, 0.1) is 5.92 Å². The number of nitrogens with one attached hydrogen (secondary N) is 1. The van der Waals surface area contributed by atoms with E-state index in [0.29, 0.717) is 13.2 Å². The molecule has 0 spiro atoms. The fraction of sp³-hybridized carbons (Fsp3) is 0.533. The number of halogens is 1. The van der Waals surface area contributed by atoms with Crippen LogP contribution < -0.4 is 15.8 Å². The summed E-state index contributed by atoms with van der Waals surface area (Å²) < 4.78 is 6.70. The van der Waals surface area contributed by atoms with Gasteiger partial charge in [0.25, 0.3) is 0 Å². The summed E-state index contributed by atoms with van der Waals surface area (Å²) in [6.45, 7) is 7.23. The van der Waals surface area contributed by atoms with Gasteiger partial charge in [-0.05, 0) is 30.5 Å². The Morgan fingerprint density at radius 3 is 2.70 bits per heavy atom. The molecule has 0 bridgehead atoms. The van der Waals surface area contributed by atoms with Gasteiger partial charge >= 0.3 is 0 Å². The number of hydrogen-bond acceptors (Lipinski definition) is 3. The first kappa shape index (κ1) is 17.0. The van der Waals surface area contributed by atoms with Crippen molar-refractivity contribution in [3.05, 3.63) is 28.2 Å². The smallest absolute Gasteiger partial charge is 0.234 e. The van der Waals surface area contributed by atoms with Crippen molar-refractivity contribution in [2.75, 3.05) is 6.61 Å². The lowest BCUT2D eigenvalue weighted by atomic mass is 10.0. The number of nitrogens with two attached hydrogens (primary N) is 1. The summed E-state index contributed by atoms with van der Waals surface area (Å²) in [5.41, 5.74) is 6.42. The number of ether oxygens (including phenoxy) is 1. The van der Waals surface area contributed by atoms with Crippen molar-refractivity contribution in [3.8, 4) is 5.75 Å². The SMILES string of the molecule is CCCOc1ccc(Br)cc1CNC(C(N)=O)C(C)C. The Bertz CT molecular complexity index is 449. The highest BCUT2D eigenvalue weighted by Gasteiger charge is 2.19. The summed E-state index contributed by atoms with van der Waals surface area (Å²) >= 11 is 3.45. The largest absolute Gasteiger partial charge is 0.493 e. The van der Waals surface area contributed by atoms with E-state index in [0.717, 1.165) is 22.2 Å². The van der Waals surface area contributed by atoms with Crippen molar-refractivity contribution in [3.63, 3.8) is 0 Å². The molecule has 0 aliphatic carbocycles. The Kier molecular flexibility index (Phi) is 7.02. The van der Waals surface area contributed by atoms with Crippen LogP contribution in [-0.2, 0) is 11.3 Å². The van der Waals surface area contributed by atoms with E-state index in [9.17, 15) is 4.79 Å². The standard InChI is InChI=1S/C15H23BrN2O2/c1-4-7-20-13-6-5-12(16)8-11(13)9-18-14(10(2)3)15(17)19/h5-6,8,10,14,18H,4,7,9H2,1-3H3,(H2,17,19). The summed E-state index contributed by atoms with van der Waals surface area (Å²) in [6, 6.07) is 5.54. The first-order chi connectivity index (χ1) is 9.45. The van der Waals surface area contributed by atoms with Gasteiger partial charge in [0.1, 0.15) is 5.75 Å². The number of carbonyl (C=O) groups excluding carboxylic acids is 1. The first-order valence-corrected chi connectivity index (χ1v) is 7.69. The molecule has 1 rings (SSSR count). The molecular weight excluding hydrogens is 320 g/mol. The van der Waals surface area contributed by atoms with Crippen LogP contribution in [0.3, 0.4) is 0 Å². The maximum Gasteiger partial charge on any atom is 0.234 e. The van der Waals surface area contributed by atoms with Gasteiger partial charge in [0.15, 0.2) is 0 Å². The molecule has 0 aromatic heterocycles. The van der Waals surface area contributed by atoms with E-state index in [1.165, 1.54) is 0 Å². The Balaban J connectivity index is 2.79. The fourth-order valence-electron chi connectivity index (χ4n) is 1.92. The fourth-order valence-corrected chi connectivity index (χ4v) is 2.33. The molecule has 0 saturated carbocycles. The van der Waals surface area contributed by atoms with E-state index >= 15 is 0 Å². The van der Waals surface area contributed by atoms with Gasteiger partial charge in [-0.25, -0.2) is 0 Å². The third-order valence-electron chi connectivity index (χ3n) is 2.97. The minimum absolute atomic E-state index is 0.152. The molecule has 0 saturated heterocycles. The molecular formula is C15H23BrN2O2. The maximum absolute atomic E-state index is 11.4. The average Bonchev–Trinajstić information content (AvgIpc) is 2.37. The van der Waals surface area contributed by atoms with E-state index < -0.39 is 0 Å². The van der Waals surface area contributed by atoms with Crippen molar-refractivity contribution in [1.29, 1.82) is 0 Å².